The molecule has 0 unspecified atom stereocenters. The number of carbonyl (C=O) groups is 3. The largest absolute Gasteiger partial charge is 0.461 e. The van der Waals surface area contributed by atoms with Crippen LogP contribution in [-0.2, 0) is 19.1 Å². The Morgan fingerprint density at radius 2 is 1.67 bits per heavy atom. The van der Waals surface area contributed by atoms with Crippen molar-refractivity contribution in [1.82, 2.24) is 10.6 Å². The zero-order valence-corrected chi connectivity index (χ0v) is 13.5. The van der Waals surface area contributed by atoms with Gasteiger partial charge in [-0.05, 0) is 47.1 Å². The maximum Gasteiger partial charge on any atom is 0.408 e. The van der Waals surface area contributed by atoms with Crippen molar-refractivity contribution in [3.05, 3.63) is 11.3 Å². The Balaban J connectivity index is 4.45. The molecule has 0 bridgehead atoms. The maximum atomic E-state index is 11.7. The number of hydrogen-bond donors (Lipinski definition) is 2. The summed E-state index contributed by atoms with van der Waals surface area (Å²) >= 11 is 0. The number of amides is 2. The van der Waals surface area contributed by atoms with Crippen LogP contribution in [0.4, 0.5) is 4.79 Å². The summed E-state index contributed by atoms with van der Waals surface area (Å²) in [5.74, 6) is -1.15. The van der Waals surface area contributed by atoms with E-state index in [2.05, 4.69) is 10.6 Å². The van der Waals surface area contributed by atoms with E-state index in [0.29, 0.717) is 5.57 Å². The van der Waals surface area contributed by atoms with E-state index in [0.717, 1.165) is 0 Å². The highest BCUT2D eigenvalue weighted by Gasteiger charge is 2.18. The molecule has 0 aliphatic heterocycles. The lowest BCUT2D eigenvalue weighted by Gasteiger charge is -2.19. The zero-order chi connectivity index (χ0) is 16.6. The van der Waals surface area contributed by atoms with Crippen LogP contribution in [-0.4, -0.2) is 36.7 Å². The summed E-state index contributed by atoms with van der Waals surface area (Å²) in [6.45, 7) is 10.1. The van der Waals surface area contributed by atoms with Crippen LogP contribution >= 0.6 is 0 Å². The fourth-order valence-corrected chi connectivity index (χ4v) is 1.23. The number of esters is 1. The molecule has 0 fully saturated rings. The highest BCUT2D eigenvalue weighted by atomic mass is 16.6. The van der Waals surface area contributed by atoms with Crippen molar-refractivity contribution in [3.63, 3.8) is 0 Å². The molecule has 0 aliphatic rings. The van der Waals surface area contributed by atoms with Gasteiger partial charge in [-0.2, -0.15) is 0 Å². The van der Waals surface area contributed by atoms with Gasteiger partial charge in [-0.15, -0.1) is 0 Å². The first-order chi connectivity index (χ1) is 9.56. The Hall–Kier alpha value is -2.05. The van der Waals surface area contributed by atoms with Gasteiger partial charge in [0.15, 0.2) is 0 Å². The van der Waals surface area contributed by atoms with E-state index in [1.165, 1.54) is 0 Å². The minimum Gasteiger partial charge on any atom is -0.461 e. The van der Waals surface area contributed by atoms with Gasteiger partial charge in [0.2, 0.25) is 5.91 Å². The lowest BCUT2D eigenvalue weighted by Crippen LogP contribution is -2.40. The standard InChI is InChI=1S/C14H24N2O5/c1-7-20-12(18)11(9(2)3)16-10(17)8-15-13(19)21-14(4,5)6/h7-8H2,1-6H3,(H,15,19)(H,16,17). The van der Waals surface area contributed by atoms with Gasteiger partial charge in [-0.3, -0.25) is 4.79 Å². The second kappa shape index (κ2) is 8.28. The van der Waals surface area contributed by atoms with Gasteiger partial charge in [0.25, 0.3) is 0 Å². The third-order valence-corrected chi connectivity index (χ3v) is 2.04. The number of alkyl carbamates (subject to hydrolysis) is 1. The molecule has 0 aromatic heterocycles. The maximum absolute atomic E-state index is 11.7. The second-order valence-corrected chi connectivity index (χ2v) is 5.50. The summed E-state index contributed by atoms with van der Waals surface area (Å²) in [4.78, 5) is 34.8. The summed E-state index contributed by atoms with van der Waals surface area (Å²) in [5, 5.41) is 4.72. The van der Waals surface area contributed by atoms with Gasteiger partial charge in [-0.1, -0.05) is 0 Å². The minimum absolute atomic E-state index is 0.0767. The van der Waals surface area contributed by atoms with Crippen molar-refractivity contribution in [1.29, 1.82) is 0 Å². The van der Waals surface area contributed by atoms with Crippen LogP contribution in [0.2, 0.25) is 0 Å². The molecule has 120 valence electrons. The van der Waals surface area contributed by atoms with E-state index in [1.54, 1.807) is 41.5 Å². The number of ether oxygens (including phenoxy) is 2. The number of carbonyl (C=O) groups excluding carboxylic acids is 3. The van der Waals surface area contributed by atoms with Gasteiger partial charge in [0.1, 0.15) is 17.8 Å². The molecule has 0 aliphatic carbocycles. The van der Waals surface area contributed by atoms with E-state index in [1.807, 2.05) is 0 Å². The molecule has 21 heavy (non-hydrogen) atoms. The van der Waals surface area contributed by atoms with Crippen LogP contribution in [0.1, 0.15) is 41.5 Å². The molecule has 0 atom stereocenters. The first-order valence-corrected chi connectivity index (χ1v) is 6.68. The van der Waals surface area contributed by atoms with Crippen molar-refractivity contribution in [3.8, 4) is 0 Å². The van der Waals surface area contributed by atoms with Gasteiger partial charge in [-0.25, -0.2) is 9.59 Å². The Bertz CT molecular complexity index is 431. The summed E-state index contributed by atoms with van der Waals surface area (Å²) in [6, 6.07) is 0. The molecule has 2 amide bonds. The summed E-state index contributed by atoms with van der Waals surface area (Å²) in [6.07, 6.45) is -0.701. The lowest BCUT2D eigenvalue weighted by atomic mass is 10.2. The van der Waals surface area contributed by atoms with Crippen LogP contribution in [0, 0.1) is 0 Å². The molecule has 0 aromatic rings. The van der Waals surface area contributed by atoms with Gasteiger partial charge in [0, 0.05) is 0 Å². The average Bonchev–Trinajstić information content (AvgIpc) is 2.31. The number of hydrogen-bond acceptors (Lipinski definition) is 5. The first-order valence-electron chi connectivity index (χ1n) is 6.68. The van der Waals surface area contributed by atoms with Crippen molar-refractivity contribution in [2.45, 2.75) is 47.1 Å². The van der Waals surface area contributed by atoms with E-state index in [9.17, 15) is 14.4 Å². The topological polar surface area (TPSA) is 93.7 Å². The van der Waals surface area contributed by atoms with E-state index in [-0.39, 0.29) is 18.8 Å². The quantitative estimate of drug-likeness (QED) is 0.592. The SMILES string of the molecule is CCOC(=O)C(NC(=O)CNC(=O)OC(C)(C)C)=C(C)C. The smallest absolute Gasteiger partial charge is 0.408 e. The molecule has 0 rings (SSSR count). The van der Waals surface area contributed by atoms with Crippen LogP contribution in [0.5, 0.6) is 0 Å². The predicted molar refractivity (Wildman–Crippen MR) is 77.4 cm³/mol. The van der Waals surface area contributed by atoms with Crippen LogP contribution in [0.3, 0.4) is 0 Å². The molecule has 0 heterocycles. The summed E-state index contributed by atoms with van der Waals surface area (Å²) < 4.78 is 9.83. The molecular formula is C14H24N2O5. The van der Waals surface area contributed by atoms with E-state index < -0.39 is 23.6 Å². The van der Waals surface area contributed by atoms with Crippen molar-refractivity contribution < 1.29 is 23.9 Å². The molecule has 7 heteroatoms. The summed E-state index contributed by atoms with van der Waals surface area (Å²) in [5.41, 5.74) is 0.0447. The third-order valence-electron chi connectivity index (χ3n) is 2.04. The fraction of sp³-hybridized carbons (Fsp3) is 0.643. The normalized spacial score (nSPS) is 10.4. The van der Waals surface area contributed by atoms with Gasteiger partial charge < -0.3 is 20.1 Å². The highest BCUT2D eigenvalue weighted by Crippen LogP contribution is 2.06. The Kier molecular flexibility index (Phi) is 7.48. The monoisotopic (exact) mass is 300 g/mol. The Morgan fingerprint density at radius 1 is 1.10 bits per heavy atom. The number of nitrogens with one attached hydrogen (secondary N) is 2. The molecule has 0 radical (unpaired) electrons. The van der Waals surface area contributed by atoms with E-state index in [4.69, 9.17) is 9.47 Å². The molecule has 0 spiro atoms. The third kappa shape index (κ3) is 8.67. The van der Waals surface area contributed by atoms with E-state index >= 15 is 0 Å². The van der Waals surface area contributed by atoms with Crippen molar-refractivity contribution in [2.75, 3.05) is 13.2 Å². The lowest BCUT2D eigenvalue weighted by molar-refractivity contribution is -0.140. The minimum atomic E-state index is -0.701. The van der Waals surface area contributed by atoms with Crippen LogP contribution in [0.15, 0.2) is 11.3 Å². The molecule has 0 aromatic carbocycles. The first kappa shape index (κ1) is 18.9. The zero-order valence-electron chi connectivity index (χ0n) is 13.5. The molecule has 0 saturated carbocycles. The molecule has 7 nitrogen and oxygen atoms in total. The van der Waals surface area contributed by atoms with Gasteiger partial charge in [0.05, 0.1) is 6.61 Å². The molecular weight excluding hydrogens is 276 g/mol. The number of allylic oxidation sites excluding steroid dienone is 1. The highest BCUT2D eigenvalue weighted by molar-refractivity contribution is 5.95. The Labute approximate surface area is 125 Å². The van der Waals surface area contributed by atoms with Crippen molar-refractivity contribution in [2.24, 2.45) is 0 Å². The average molecular weight is 300 g/mol. The van der Waals surface area contributed by atoms with Crippen LogP contribution in [0.25, 0.3) is 0 Å². The van der Waals surface area contributed by atoms with Crippen LogP contribution < -0.4 is 10.6 Å². The molecule has 0 saturated heterocycles. The number of rotatable bonds is 5. The Morgan fingerprint density at radius 3 is 2.10 bits per heavy atom. The van der Waals surface area contributed by atoms with Gasteiger partial charge >= 0.3 is 12.1 Å². The second-order valence-electron chi connectivity index (χ2n) is 5.50. The fourth-order valence-electron chi connectivity index (χ4n) is 1.23. The predicted octanol–water partition coefficient (Wildman–Crippen LogP) is 1.48. The molecule has 2 N–H and O–H groups in total. The van der Waals surface area contributed by atoms with Crippen molar-refractivity contribution >= 4 is 18.0 Å². The summed E-state index contributed by atoms with van der Waals surface area (Å²) in [7, 11) is 0.